The summed E-state index contributed by atoms with van der Waals surface area (Å²) in [6.07, 6.45) is 3.24. The number of thioether (sulfide) groups is 1. The highest BCUT2D eigenvalue weighted by atomic mass is 35.5. The Kier molecular flexibility index (Phi) is 6.06. The number of hydrogen-bond acceptors (Lipinski definition) is 5. The van der Waals surface area contributed by atoms with Gasteiger partial charge in [0.15, 0.2) is 5.17 Å². The molecule has 0 aromatic heterocycles. The molecular formula is C23H22Cl2N4OS. The van der Waals surface area contributed by atoms with Crippen LogP contribution in [0.3, 0.4) is 0 Å². The van der Waals surface area contributed by atoms with Gasteiger partial charge in [0, 0.05) is 34.0 Å². The topological polar surface area (TPSA) is 65.8 Å². The molecule has 0 spiro atoms. The van der Waals surface area contributed by atoms with E-state index in [1.807, 2.05) is 24.3 Å². The van der Waals surface area contributed by atoms with Crippen LogP contribution >= 0.6 is 35.0 Å². The van der Waals surface area contributed by atoms with Crippen molar-refractivity contribution in [3.05, 3.63) is 69.7 Å². The Morgan fingerprint density at radius 1 is 0.839 bits per heavy atom. The summed E-state index contributed by atoms with van der Waals surface area (Å²) in [6.45, 7) is 0. The Morgan fingerprint density at radius 3 is 1.87 bits per heavy atom. The second-order valence-electron chi connectivity index (χ2n) is 8.14. The summed E-state index contributed by atoms with van der Waals surface area (Å²) in [5.74, 6) is 0.871. The van der Waals surface area contributed by atoms with Gasteiger partial charge in [-0.25, -0.2) is 0 Å². The summed E-state index contributed by atoms with van der Waals surface area (Å²) in [7, 11) is 0. The van der Waals surface area contributed by atoms with Crippen LogP contribution in [0.1, 0.15) is 42.5 Å². The number of benzene rings is 2. The molecule has 2 saturated heterocycles. The maximum Gasteiger partial charge on any atom is 0.236 e. The maximum absolute atomic E-state index is 11.5. The highest BCUT2D eigenvalue weighted by Crippen LogP contribution is 2.46. The average molecular weight is 473 g/mol. The van der Waals surface area contributed by atoms with Gasteiger partial charge in [-0.3, -0.25) is 4.79 Å². The Balaban J connectivity index is 1.56. The van der Waals surface area contributed by atoms with Crippen LogP contribution < -0.4 is 10.6 Å². The fraction of sp³-hybridized carbons (Fsp3) is 0.348. The first kappa shape index (κ1) is 21.0. The first-order valence-corrected chi connectivity index (χ1v) is 12.2. The molecule has 2 aliphatic heterocycles. The fourth-order valence-corrected chi connectivity index (χ4v) is 5.73. The summed E-state index contributed by atoms with van der Waals surface area (Å²) in [6, 6.07) is 16.3. The van der Waals surface area contributed by atoms with Gasteiger partial charge in [0.05, 0.1) is 11.5 Å². The Hall–Kier alpha value is -1.86. The lowest BCUT2D eigenvalue weighted by atomic mass is 9.67. The number of carbonyl (C=O) groups is 1. The van der Waals surface area contributed by atoms with Crippen LogP contribution in [0.15, 0.2) is 58.7 Å². The Bertz CT molecular complexity index is 977. The van der Waals surface area contributed by atoms with E-state index >= 15 is 0 Å². The second kappa shape index (κ2) is 8.94. The minimum Gasteiger partial charge on any atom is -0.303 e. The first-order valence-electron chi connectivity index (χ1n) is 10.4. The van der Waals surface area contributed by atoms with E-state index in [1.165, 1.54) is 22.9 Å². The van der Waals surface area contributed by atoms with Crippen LogP contribution in [0.2, 0.25) is 10.0 Å². The number of fused-ring (bicyclic) bond motifs is 2. The largest absolute Gasteiger partial charge is 0.303 e. The molecule has 5 rings (SSSR count). The number of nitrogens with zero attached hydrogens (tertiary/aromatic N) is 2. The number of amidine groups is 1. The van der Waals surface area contributed by atoms with Gasteiger partial charge in [-0.1, -0.05) is 65.7 Å². The van der Waals surface area contributed by atoms with Crippen molar-refractivity contribution in [2.24, 2.45) is 22.0 Å². The van der Waals surface area contributed by atoms with Gasteiger partial charge in [-0.05, 0) is 48.2 Å². The third kappa shape index (κ3) is 4.40. The smallest absolute Gasteiger partial charge is 0.236 e. The van der Waals surface area contributed by atoms with Crippen LogP contribution in [0, 0.1) is 11.8 Å². The number of nitrogens with one attached hydrogen (secondary N) is 2. The van der Waals surface area contributed by atoms with E-state index in [0.717, 1.165) is 35.0 Å². The lowest BCUT2D eigenvalue weighted by Gasteiger charge is -2.47. The fourth-order valence-electron chi connectivity index (χ4n) is 4.86. The number of halogens is 2. The van der Waals surface area contributed by atoms with Crippen molar-refractivity contribution in [2.45, 2.75) is 31.3 Å². The molecule has 3 aliphatic rings. The lowest BCUT2D eigenvalue weighted by molar-refractivity contribution is -0.116. The molecule has 2 aromatic carbocycles. The molecule has 1 saturated carbocycles. The van der Waals surface area contributed by atoms with Gasteiger partial charge in [0.25, 0.3) is 0 Å². The minimum atomic E-state index is -0.0208. The molecule has 3 fully saturated rings. The van der Waals surface area contributed by atoms with E-state index in [-0.39, 0.29) is 29.8 Å². The van der Waals surface area contributed by atoms with E-state index in [0.29, 0.717) is 10.9 Å². The monoisotopic (exact) mass is 472 g/mol. The maximum atomic E-state index is 11.5. The van der Waals surface area contributed by atoms with Crippen molar-refractivity contribution in [3.63, 3.8) is 0 Å². The molecule has 2 aromatic rings. The number of carbonyl (C=O) groups excluding carboxylic acids is 1. The molecule has 5 nitrogen and oxygen atoms in total. The number of hydrogen-bond donors (Lipinski definition) is 2. The third-order valence-electron chi connectivity index (χ3n) is 6.25. The van der Waals surface area contributed by atoms with Gasteiger partial charge in [0.1, 0.15) is 0 Å². The SMILES string of the molecule is O=C1CS/C(=N\N=C2C3CCCC2C(c2ccc(Cl)cc2)NC3c2ccc(Cl)cc2)N1. The summed E-state index contributed by atoms with van der Waals surface area (Å²) in [5.41, 5.74) is 3.49. The molecule has 4 unspecified atom stereocenters. The van der Waals surface area contributed by atoms with Gasteiger partial charge >= 0.3 is 0 Å². The third-order valence-corrected chi connectivity index (χ3v) is 7.62. The van der Waals surface area contributed by atoms with Crippen LogP contribution in [0.4, 0.5) is 0 Å². The normalized spacial score (nSPS) is 29.2. The number of piperidine rings is 1. The van der Waals surface area contributed by atoms with Gasteiger partial charge in [0.2, 0.25) is 5.91 Å². The summed E-state index contributed by atoms with van der Waals surface area (Å²) in [5, 5.41) is 17.9. The molecule has 1 amide bonds. The van der Waals surface area contributed by atoms with Gasteiger partial charge in [-0.2, -0.15) is 5.10 Å². The predicted molar refractivity (Wildman–Crippen MR) is 128 cm³/mol. The molecule has 160 valence electrons. The molecule has 4 atom stereocenters. The van der Waals surface area contributed by atoms with Crippen molar-refractivity contribution >= 4 is 51.8 Å². The highest BCUT2D eigenvalue weighted by Gasteiger charge is 2.45. The quantitative estimate of drug-likeness (QED) is 0.589. The van der Waals surface area contributed by atoms with Crippen molar-refractivity contribution in [3.8, 4) is 0 Å². The highest BCUT2D eigenvalue weighted by molar-refractivity contribution is 8.15. The Labute approximate surface area is 195 Å². The summed E-state index contributed by atoms with van der Waals surface area (Å²) in [4.78, 5) is 11.5. The van der Waals surface area contributed by atoms with E-state index in [2.05, 4.69) is 40.0 Å². The van der Waals surface area contributed by atoms with Crippen molar-refractivity contribution < 1.29 is 4.79 Å². The van der Waals surface area contributed by atoms with Crippen LogP contribution in [-0.4, -0.2) is 22.5 Å². The van der Waals surface area contributed by atoms with E-state index in [4.69, 9.17) is 28.3 Å². The van der Waals surface area contributed by atoms with Crippen LogP contribution in [0.25, 0.3) is 0 Å². The van der Waals surface area contributed by atoms with Crippen molar-refractivity contribution in [1.29, 1.82) is 0 Å². The molecule has 2 heterocycles. The van der Waals surface area contributed by atoms with E-state index < -0.39 is 0 Å². The first-order chi connectivity index (χ1) is 15.1. The van der Waals surface area contributed by atoms with Gasteiger partial charge in [-0.15, -0.1) is 5.10 Å². The second-order valence-corrected chi connectivity index (χ2v) is 9.97. The standard InChI is InChI=1S/C23H22Cl2N4OS/c24-15-8-4-13(5-9-15)20-17-2-1-3-18(21(27-20)14-6-10-16(25)11-7-14)22(17)28-29-23-26-19(30)12-31-23/h4-11,17-18,20-21,27H,1-3,12H2,(H,26,29,30). The zero-order valence-corrected chi connectivity index (χ0v) is 19.1. The number of amides is 1. The lowest BCUT2D eigenvalue weighted by Crippen LogP contribution is -2.50. The zero-order valence-electron chi connectivity index (χ0n) is 16.7. The Morgan fingerprint density at radius 2 is 1.39 bits per heavy atom. The molecular weight excluding hydrogens is 451 g/mol. The van der Waals surface area contributed by atoms with E-state index in [9.17, 15) is 4.79 Å². The number of rotatable bonds is 3. The molecule has 31 heavy (non-hydrogen) atoms. The summed E-state index contributed by atoms with van der Waals surface area (Å²) >= 11 is 13.7. The van der Waals surface area contributed by atoms with E-state index in [1.54, 1.807) is 0 Å². The molecule has 0 radical (unpaired) electrons. The zero-order chi connectivity index (χ0) is 21.4. The molecule has 1 aliphatic carbocycles. The van der Waals surface area contributed by atoms with Crippen LogP contribution in [0.5, 0.6) is 0 Å². The minimum absolute atomic E-state index is 0.0208. The molecule has 2 N–H and O–H groups in total. The summed E-state index contributed by atoms with van der Waals surface area (Å²) < 4.78 is 0. The predicted octanol–water partition coefficient (Wildman–Crippen LogP) is 5.37. The average Bonchev–Trinajstić information content (AvgIpc) is 3.19. The van der Waals surface area contributed by atoms with Gasteiger partial charge < -0.3 is 10.6 Å². The van der Waals surface area contributed by atoms with Crippen LogP contribution in [-0.2, 0) is 4.79 Å². The van der Waals surface area contributed by atoms with Crippen molar-refractivity contribution in [1.82, 2.24) is 10.6 Å². The van der Waals surface area contributed by atoms with Crippen molar-refractivity contribution in [2.75, 3.05) is 5.75 Å². The molecule has 8 heteroatoms. The molecule has 2 bridgehead atoms.